The van der Waals surface area contributed by atoms with E-state index in [0.717, 1.165) is 28.7 Å². The Morgan fingerprint density at radius 2 is 1.23 bits per heavy atom. The Bertz CT molecular complexity index is 2450. The Morgan fingerprint density at radius 1 is 0.733 bits per heavy atom. The number of nitrogens with zero attached hydrogens (tertiary/aromatic N) is 8. The Morgan fingerprint density at radius 3 is 1.72 bits per heavy atom. The summed E-state index contributed by atoms with van der Waals surface area (Å²) in [5, 5.41) is 11.4. The van der Waals surface area contributed by atoms with Gasteiger partial charge in [0.15, 0.2) is 17.1 Å². The normalized spacial score (nSPS) is 12.5. The Hall–Kier alpha value is -4.50. The number of rotatable bonds is 14. The molecule has 0 unspecified atom stereocenters. The zero-order valence-corrected chi connectivity index (χ0v) is 40.9. The van der Waals surface area contributed by atoms with E-state index in [1.807, 2.05) is 68.9 Å². The highest BCUT2D eigenvalue weighted by Gasteiger charge is 2.24. The molecule has 1 aromatic carbocycles. The molecular weight excluding hydrogens is 861 g/mol. The van der Waals surface area contributed by atoms with Gasteiger partial charge in [-0.25, -0.2) is 24.6 Å². The van der Waals surface area contributed by atoms with Crippen LogP contribution >= 0.6 is 15.9 Å². The maximum atomic E-state index is 13.2. The molecule has 0 aliphatic rings. The molecule has 18 heteroatoms. The molecule has 0 saturated carbocycles. The molecule has 2 amide bonds. The fourth-order valence-corrected chi connectivity index (χ4v) is 7.72. The lowest BCUT2D eigenvalue weighted by Crippen LogP contribution is -2.40. The molecule has 0 aliphatic carbocycles. The summed E-state index contributed by atoms with van der Waals surface area (Å²) in [5.74, 6) is 0.918. The van der Waals surface area contributed by atoms with Crippen molar-refractivity contribution in [3.8, 4) is 11.6 Å². The number of carbonyl (C=O) groups is 2. The van der Waals surface area contributed by atoms with Gasteiger partial charge in [0.25, 0.3) is 11.8 Å². The number of hydrogen-bond donors (Lipinski definition) is 2. The van der Waals surface area contributed by atoms with Crippen molar-refractivity contribution < 1.29 is 23.8 Å². The van der Waals surface area contributed by atoms with E-state index in [1.165, 1.54) is 0 Å². The summed E-state index contributed by atoms with van der Waals surface area (Å²) in [6.45, 7) is 27.7. The van der Waals surface area contributed by atoms with Crippen LogP contribution in [0, 0.1) is 0 Å². The lowest BCUT2D eigenvalue weighted by molar-refractivity contribution is 0.0879. The number of nitrogens with one attached hydrogen (secondary N) is 2. The molecule has 60 heavy (non-hydrogen) atoms. The first-order valence-electron chi connectivity index (χ1n) is 20.1. The van der Waals surface area contributed by atoms with Gasteiger partial charge in [0, 0.05) is 58.2 Å². The van der Waals surface area contributed by atoms with E-state index in [1.54, 1.807) is 42.8 Å². The molecule has 2 N–H and O–H groups in total. The summed E-state index contributed by atoms with van der Waals surface area (Å²) in [7, 11) is -0.694. The number of halogens is 1. The molecule has 0 radical (unpaired) electrons. The van der Waals surface area contributed by atoms with E-state index in [9.17, 15) is 9.59 Å². The van der Waals surface area contributed by atoms with Gasteiger partial charge in [-0.15, -0.1) is 0 Å². The second-order valence-electron chi connectivity index (χ2n) is 19.4. The molecule has 5 aromatic heterocycles. The van der Waals surface area contributed by atoms with Crippen molar-refractivity contribution in [3.63, 3.8) is 0 Å². The van der Waals surface area contributed by atoms with Gasteiger partial charge in [-0.1, -0.05) is 39.3 Å². The van der Waals surface area contributed by atoms with Crippen LogP contribution in [0.25, 0.3) is 39.0 Å². The molecular formula is C42H61BrN10O5Si2. The molecule has 0 atom stereocenters. The number of aromatic nitrogens is 8. The molecule has 324 valence electrons. The first kappa shape index (κ1) is 46.6. The topological polar surface area (TPSA) is 165 Å². The molecule has 5 heterocycles. The molecule has 0 bridgehead atoms. The third-order valence-electron chi connectivity index (χ3n) is 9.00. The average Bonchev–Trinajstić information content (AvgIpc) is 3.83. The number of amides is 2. The Balaban J connectivity index is 0.000000241. The smallest absolute Gasteiger partial charge is 0.255 e. The Labute approximate surface area is 363 Å². The highest BCUT2D eigenvalue weighted by molar-refractivity contribution is 9.10. The number of benzene rings is 1. The van der Waals surface area contributed by atoms with Crippen molar-refractivity contribution in [1.82, 2.24) is 49.5 Å². The van der Waals surface area contributed by atoms with Crippen molar-refractivity contribution in [2.45, 2.75) is 117 Å². The zero-order valence-electron chi connectivity index (χ0n) is 37.4. The quantitative estimate of drug-likeness (QED) is 0.0798. The van der Waals surface area contributed by atoms with Crippen molar-refractivity contribution in [3.05, 3.63) is 64.9 Å². The molecule has 0 spiro atoms. The fraction of sp³-hybridized carbons (Fsp3) is 0.500. The molecule has 15 nitrogen and oxygen atoms in total. The van der Waals surface area contributed by atoms with Crippen molar-refractivity contribution in [2.75, 3.05) is 20.3 Å². The standard InChI is InChI=1S/C25H34N6O3Si.C17H27BrN4O2Si/c1-25(2,3)29-24(32)19-15-30(16-34-10-11-35(5,6)7)23-22(19)28-21(14-26-23)31-20-9-8-18(33-4)12-17(20)13-27-31;1-17(2,3)21-16(23)12-10-22(11-24-7-8-25(4,5)6)15-14(12)20-13(18)9-19-15/h8-9,12-15H,10-11,16H2,1-7H3,(H,29,32);9-10H,7-8,11H2,1-6H3,(H,21,23). The third kappa shape index (κ3) is 12.8. The third-order valence-corrected chi connectivity index (χ3v) is 12.8. The molecule has 0 aliphatic heterocycles. The van der Waals surface area contributed by atoms with Crippen LogP contribution < -0.4 is 15.4 Å². The van der Waals surface area contributed by atoms with Gasteiger partial charge < -0.3 is 34.0 Å². The molecule has 6 rings (SSSR count). The predicted molar refractivity (Wildman–Crippen MR) is 247 cm³/mol. The van der Waals surface area contributed by atoms with Crippen LogP contribution in [0.5, 0.6) is 5.75 Å². The molecule has 0 saturated heterocycles. The fourth-order valence-electron chi connectivity index (χ4n) is 5.92. The number of ether oxygens (including phenoxy) is 3. The van der Waals surface area contributed by atoms with Crippen molar-refractivity contribution in [1.29, 1.82) is 0 Å². The summed E-state index contributed by atoms with van der Waals surface area (Å²) >= 11 is 3.33. The number of methoxy groups -OCH3 is 1. The first-order chi connectivity index (χ1) is 27.9. The lowest BCUT2D eigenvalue weighted by Gasteiger charge is -2.20. The van der Waals surface area contributed by atoms with Crippen molar-refractivity contribution in [2.24, 2.45) is 0 Å². The number of fused-ring (bicyclic) bond motifs is 3. The summed E-state index contributed by atoms with van der Waals surface area (Å²) in [4.78, 5) is 44.1. The minimum atomic E-state index is -1.20. The summed E-state index contributed by atoms with van der Waals surface area (Å²) in [6.07, 6.45) is 8.60. The molecule has 0 fully saturated rings. The largest absolute Gasteiger partial charge is 0.497 e. The average molecular weight is 922 g/mol. The van der Waals surface area contributed by atoms with Crippen LogP contribution in [-0.4, -0.2) is 98.2 Å². The first-order valence-corrected chi connectivity index (χ1v) is 28.3. The summed E-state index contributed by atoms with van der Waals surface area (Å²) in [5.41, 5.74) is 3.45. The maximum absolute atomic E-state index is 13.2. The van der Waals surface area contributed by atoms with E-state index in [-0.39, 0.29) is 22.9 Å². The van der Waals surface area contributed by atoms with E-state index < -0.39 is 16.1 Å². The maximum Gasteiger partial charge on any atom is 0.255 e. The summed E-state index contributed by atoms with van der Waals surface area (Å²) in [6, 6.07) is 7.89. The molecule has 6 aromatic rings. The van der Waals surface area contributed by atoms with E-state index in [4.69, 9.17) is 19.2 Å². The van der Waals surface area contributed by atoms with Crippen LogP contribution in [0.15, 0.2) is 53.8 Å². The van der Waals surface area contributed by atoms with E-state index in [2.05, 4.69) is 85.9 Å². The highest BCUT2D eigenvalue weighted by Crippen LogP contribution is 2.26. The van der Waals surface area contributed by atoms with Gasteiger partial charge in [0.2, 0.25) is 0 Å². The van der Waals surface area contributed by atoms with Crippen LogP contribution in [0.1, 0.15) is 62.3 Å². The minimum Gasteiger partial charge on any atom is -0.497 e. The number of hydrogen-bond acceptors (Lipinski definition) is 10. The second kappa shape index (κ2) is 18.6. The van der Waals surface area contributed by atoms with Crippen LogP contribution in [0.3, 0.4) is 0 Å². The lowest BCUT2D eigenvalue weighted by atomic mass is 10.1. The highest BCUT2D eigenvalue weighted by atomic mass is 79.9. The van der Waals surface area contributed by atoms with Crippen LogP contribution in [0.2, 0.25) is 51.4 Å². The van der Waals surface area contributed by atoms with Gasteiger partial charge >= 0.3 is 0 Å². The van der Waals surface area contributed by atoms with Gasteiger partial charge in [0.05, 0.1) is 42.3 Å². The summed E-state index contributed by atoms with van der Waals surface area (Å²) < 4.78 is 23.1. The Kier molecular flexibility index (Phi) is 14.5. The zero-order chi connectivity index (χ0) is 44.2. The van der Waals surface area contributed by atoms with Gasteiger partial charge in [-0.2, -0.15) is 5.10 Å². The van der Waals surface area contributed by atoms with Gasteiger partial charge in [-0.3, -0.25) is 9.59 Å². The van der Waals surface area contributed by atoms with Gasteiger partial charge in [-0.05, 0) is 87.8 Å². The second-order valence-corrected chi connectivity index (χ2v) is 31.4. The van der Waals surface area contributed by atoms with Crippen LogP contribution in [0.4, 0.5) is 0 Å². The van der Waals surface area contributed by atoms with Crippen molar-refractivity contribution >= 4 is 77.1 Å². The van der Waals surface area contributed by atoms with E-state index >= 15 is 0 Å². The van der Waals surface area contributed by atoms with Crippen LogP contribution in [-0.2, 0) is 22.9 Å². The monoisotopic (exact) mass is 920 g/mol. The SMILES string of the molecule is CC(C)(C)NC(=O)c1cn(COCC[Si](C)(C)C)c2ncc(Br)nc12.COc1ccc2c(cnn2-c2cnc3c(n2)c(C(=O)NC(C)(C)C)cn3COCC[Si](C)(C)C)c1. The number of carbonyl (C=O) groups excluding carboxylic acids is 2. The van der Waals surface area contributed by atoms with Gasteiger partial charge in [0.1, 0.15) is 34.8 Å². The predicted octanol–water partition coefficient (Wildman–Crippen LogP) is 8.65. The minimum absolute atomic E-state index is 0.161. The van der Waals surface area contributed by atoms with E-state index in [0.29, 0.717) is 70.6 Å².